The molecular formula is C26H30N2O2. The lowest BCUT2D eigenvalue weighted by Crippen LogP contribution is -2.47. The van der Waals surface area contributed by atoms with Crippen LogP contribution in [0.15, 0.2) is 72.6 Å². The lowest BCUT2D eigenvalue weighted by atomic mass is 9.69. The summed E-state index contributed by atoms with van der Waals surface area (Å²) < 4.78 is 0. The molecule has 3 fully saturated rings. The van der Waals surface area contributed by atoms with Gasteiger partial charge in [-0.05, 0) is 59.8 Å². The molecule has 0 radical (unpaired) electrons. The van der Waals surface area contributed by atoms with Crippen molar-refractivity contribution in [2.24, 2.45) is 16.7 Å². The highest BCUT2D eigenvalue weighted by atomic mass is 16.3. The van der Waals surface area contributed by atoms with Gasteiger partial charge in [0.2, 0.25) is 0 Å². The maximum atomic E-state index is 13.7. The molecule has 2 aliphatic carbocycles. The Morgan fingerprint density at radius 3 is 2.37 bits per heavy atom. The lowest BCUT2D eigenvalue weighted by Gasteiger charge is -2.41. The van der Waals surface area contributed by atoms with Gasteiger partial charge >= 0.3 is 6.03 Å². The molecule has 0 unspecified atom stereocenters. The van der Waals surface area contributed by atoms with E-state index in [4.69, 9.17) is 0 Å². The predicted octanol–water partition coefficient (Wildman–Crippen LogP) is 5.76. The number of rotatable bonds is 4. The molecule has 4 heteroatoms. The maximum Gasteiger partial charge on any atom is 0.331 e. The van der Waals surface area contributed by atoms with Crippen LogP contribution in [0, 0.1) is 16.7 Å². The van der Waals surface area contributed by atoms with Crippen LogP contribution in [-0.2, 0) is 6.42 Å². The molecule has 0 spiro atoms. The number of para-hydroxylation sites is 1. The predicted molar refractivity (Wildman–Crippen MR) is 119 cm³/mol. The number of urea groups is 1. The largest absolute Gasteiger partial charge is 0.495 e. The zero-order chi connectivity index (χ0) is 21.1. The second-order valence-electron chi connectivity index (χ2n) is 9.83. The smallest absolute Gasteiger partial charge is 0.331 e. The van der Waals surface area contributed by atoms with Crippen molar-refractivity contribution in [3.05, 3.63) is 78.2 Å². The first kappa shape index (κ1) is 19.2. The van der Waals surface area contributed by atoms with Crippen molar-refractivity contribution in [2.45, 2.75) is 52.1 Å². The van der Waals surface area contributed by atoms with Crippen LogP contribution in [0.1, 0.15) is 39.2 Å². The Kier molecular flexibility index (Phi) is 4.25. The summed E-state index contributed by atoms with van der Waals surface area (Å²) >= 11 is 0. The minimum atomic E-state index is -0.105. The Morgan fingerprint density at radius 2 is 1.70 bits per heavy atom. The Morgan fingerprint density at radius 1 is 1.07 bits per heavy atom. The van der Waals surface area contributed by atoms with E-state index in [9.17, 15) is 9.90 Å². The van der Waals surface area contributed by atoms with Gasteiger partial charge in [0.15, 0.2) is 5.88 Å². The first-order valence-electron chi connectivity index (χ1n) is 11.0. The van der Waals surface area contributed by atoms with E-state index < -0.39 is 0 Å². The molecule has 5 rings (SSSR count). The van der Waals surface area contributed by atoms with Crippen molar-refractivity contribution in [3.63, 3.8) is 0 Å². The standard InChI is InChI=1S/C26H30N2O2/c1-25(2)20-16-17-26(25,3)23-22(20)27(19-12-8-5-9-13-19)24(30)28(23)21(29)15-14-18-10-6-4-7-11-18/h4-13,15,20,22-23,29H,14,16-17H2,1-3H3/b21-15-/t20-,22-,23-,26+/m1/s1. The molecule has 1 N–H and O–H groups in total. The summed E-state index contributed by atoms with van der Waals surface area (Å²) in [6, 6.07) is 19.9. The van der Waals surface area contributed by atoms with Crippen LogP contribution in [-0.4, -0.2) is 28.1 Å². The van der Waals surface area contributed by atoms with Gasteiger partial charge in [-0.2, -0.15) is 0 Å². The van der Waals surface area contributed by atoms with Crippen molar-refractivity contribution in [3.8, 4) is 0 Å². The van der Waals surface area contributed by atoms with E-state index in [0.717, 1.165) is 24.1 Å². The maximum absolute atomic E-state index is 13.7. The Hall–Kier alpha value is -2.75. The minimum absolute atomic E-state index is 0.0222. The molecule has 0 aromatic heterocycles. The van der Waals surface area contributed by atoms with Crippen molar-refractivity contribution >= 4 is 11.7 Å². The highest BCUT2D eigenvalue weighted by Crippen LogP contribution is 2.69. The van der Waals surface area contributed by atoms with Crippen LogP contribution in [0.5, 0.6) is 0 Å². The van der Waals surface area contributed by atoms with E-state index in [2.05, 4.69) is 20.8 Å². The molecule has 1 aliphatic heterocycles. The van der Waals surface area contributed by atoms with E-state index in [1.807, 2.05) is 65.6 Å². The number of anilines is 1. The van der Waals surface area contributed by atoms with Crippen LogP contribution in [0.4, 0.5) is 10.5 Å². The number of hydrogen-bond acceptors (Lipinski definition) is 2. The highest BCUT2D eigenvalue weighted by molar-refractivity contribution is 5.97. The quantitative estimate of drug-likeness (QED) is 0.660. The molecule has 30 heavy (non-hydrogen) atoms. The summed E-state index contributed by atoms with van der Waals surface area (Å²) in [5, 5.41) is 11.1. The van der Waals surface area contributed by atoms with Crippen molar-refractivity contribution in [1.29, 1.82) is 0 Å². The van der Waals surface area contributed by atoms with Gasteiger partial charge in [0.05, 0.1) is 12.1 Å². The van der Waals surface area contributed by atoms with E-state index in [1.165, 1.54) is 0 Å². The molecule has 2 saturated carbocycles. The SMILES string of the molecule is CC1(C)[C@@H]2CC[C@@]1(C)[C@H]1[C@@H]2N(c2ccccc2)C(=O)N1/C(O)=C/Cc1ccccc1. The molecule has 4 nitrogen and oxygen atoms in total. The first-order valence-corrected chi connectivity index (χ1v) is 11.0. The highest BCUT2D eigenvalue weighted by Gasteiger charge is 2.73. The van der Waals surface area contributed by atoms with Crippen LogP contribution < -0.4 is 4.90 Å². The van der Waals surface area contributed by atoms with E-state index in [-0.39, 0.29) is 34.8 Å². The molecule has 2 aromatic rings. The zero-order valence-corrected chi connectivity index (χ0v) is 18.0. The van der Waals surface area contributed by atoms with Crippen molar-refractivity contribution in [1.82, 2.24) is 4.90 Å². The Bertz CT molecular complexity index is 985. The number of allylic oxidation sites excluding steroid dienone is 1. The molecule has 156 valence electrons. The second-order valence-corrected chi connectivity index (χ2v) is 9.83. The summed E-state index contributed by atoms with van der Waals surface area (Å²) in [6.07, 6.45) is 4.61. The Balaban J connectivity index is 1.56. The lowest BCUT2D eigenvalue weighted by molar-refractivity contribution is 0.0654. The normalized spacial score (nSPS) is 32.0. The number of nitrogens with zero attached hydrogens (tertiary/aromatic N) is 2. The van der Waals surface area contributed by atoms with Gasteiger partial charge < -0.3 is 5.11 Å². The number of benzene rings is 2. The number of fused-ring (bicyclic) bond motifs is 5. The third kappa shape index (κ3) is 2.49. The molecule has 2 aromatic carbocycles. The first-order chi connectivity index (χ1) is 14.4. The number of aliphatic hydroxyl groups is 1. The molecule has 1 heterocycles. The summed E-state index contributed by atoms with van der Waals surface area (Å²) in [5.41, 5.74) is 2.11. The molecule has 3 aliphatic rings. The van der Waals surface area contributed by atoms with Crippen LogP contribution in [0.3, 0.4) is 0 Å². The van der Waals surface area contributed by atoms with E-state index >= 15 is 0 Å². The Labute approximate surface area is 178 Å². The molecule has 2 bridgehead atoms. The topological polar surface area (TPSA) is 43.8 Å². The second kappa shape index (κ2) is 6.63. The fraction of sp³-hybridized carbons (Fsp3) is 0.423. The van der Waals surface area contributed by atoms with E-state index in [0.29, 0.717) is 12.3 Å². The van der Waals surface area contributed by atoms with Gasteiger partial charge in [0.25, 0.3) is 0 Å². The third-order valence-corrected chi connectivity index (χ3v) is 8.39. The monoisotopic (exact) mass is 402 g/mol. The fourth-order valence-electron chi connectivity index (χ4n) is 6.44. The number of carbonyl (C=O) groups excluding carboxylic acids is 1. The number of carbonyl (C=O) groups is 1. The zero-order valence-electron chi connectivity index (χ0n) is 18.0. The van der Waals surface area contributed by atoms with Crippen molar-refractivity contribution < 1.29 is 9.90 Å². The molecule has 1 saturated heterocycles. The minimum Gasteiger partial charge on any atom is -0.495 e. The molecular weight excluding hydrogens is 372 g/mol. The fourth-order valence-corrected chi connectivity index (χ4v) is 6.44. The average molecular weight is 403 g/mol. The number of hydrogen-bond donors (Lipinski definition) is 1. The molecule has 4 atom stereocenters. The van der Waals surface area contributed by atoms with E-state index in [1.54, 1.807) is 11.0 Å². The number of amides is 2. The van der Waals surface area contributed by atoms with Gasteiger partial charge in [0, 0.05) is 5.69 Å². The summed E-state index contributed by atoms with van der Waals surface area (Å²) in [5.74, 6) is 0.505. The third-order valence-electron chi connectivity index (χ3n) is 8.39. The summed E-state index contributed by atoms with van der Waals surface area (Å²) in [7, 11) is 0. The summed E-state index contributed by atoms with van der Waals surface area (Å²) in [6.45, 7) is 7.01. The van der Waals surface area contributed by atoms with Crippen LogP contribution in [0.25, 0.3) is 0 Å². The van der Waals surface area contributed by atoms with Crippen molar-refractivity contribution in [2.75, 3.05) is 4.90 Å². The van der Waals surface area contributed by atoms with Crippen LogP contribution >= 0.6 is 0 Å². The van der Waals surface area contributed by atoms with Gasteiger partial charge in [-0.15, -0.1) is 0 Å². The van der Waals surface area contributed by atoms with Crippen LogP contribution in [0.2, 0.25) is 0 Å². The molecule has 2 amide bonds. The summed E-state index contributed by atoms with van der Waals surface area (Å²) in [4.78, 5) is 17.3. The van der Waals surface area contributed by atoms with Gasteiger partial charge in [-0.3, -0.25) is 9.80 Å². The number of aliphatic hydroxyl groups excluding tert-OH is 1. The van der Waals surface area contributed by atoms with Gasteiger partial charge in [-0.25, -0.2) is 4.79 Å². The van der Waals surface area contributed by atoms with Gasteiger partial charge in [0.1, 0.15) is 0 Å². The average Bonchev–Trinajstić information content (AvgIpc) is 3.24. The van der Waals surface area contributed by atoms with Gasteiger partial charge in [-0.1, -0.05) is 69.3 Å².